The van der Waals surface area contributed by atoms with Gasteiger partial charge in [0.25, 0.3) is 11.3 Å². The van der Waals surface area contributed by atoms with Gasteiger partial charge in [0.2, 0.25) is 5.91 Å². The Morgan fingerprint density at radius 3 is 2.92 bits per heavy atom. The van der Waals surface area contributed by atoms with E-state index in [0.717, 1.165) is 18.4 Å². The zero-order valence-corrected chi connectivity index (χ0v) is 14.1. The third kappa shape index (κ3) is 3.87. The Hall–Kier alpha value is -3.10. The fraction of sp³-hybridized carbons (Fsp3) is 0.375. The number of aromatic nitrogens is 6. The van der Waals surface area contributed by atoms with Crippen LogP contribution < -0.4 is 10.9 Å². The Balaban J connectivity index is 1.48. The number of amides is 1. The van der Waals surface area contributed by atoms with E-state index in [1.165, 1.54) is 17.2 Å². The van der Waals surface area contributed by atoms with E-state index in [2.05, 4.69) is 25.4 Å². The van der Waals surface area contributed by atoms with Crippen LogP contribution in [-0.4, -0.2) is 41.6 Å². The molecule has 9 heteroatoms. The molecular formula is C16H19N7O2. The molecular weight excluding hydrogens is 322 g/mol. The minimum Gasteiger partial charge on any atom is -0.355 e. The van der Waals surface area contributed by atoms with Crippen molar-refractivity contribution in [2.45, 2.75) is 33.2 Å². The van der Waals surface area contributed by atoms with Crippen molar-refractivity contribution in [3.05, 3.63) is 52.2 Å². The molecule has 0 radical (unpaired) electrons. The van der Waals surface area contributed by atoms with Crippen LogP contribution in [0.2, 0.25) is 0 Å². The van der Waals surface area contributed by atoms with Gasteiger partial charge in [0.05, 0.1) is 6.33 Å². The highest BCUT2D eigenvalue weighted by molar-refractivity contribution is 5.75. The van der Waals surface area contributed by atoms with Gasteiger partial charge < -0.3 is 5.32 Å². The van der Waals surface area contributed by atoms with Gasteiger partial charge in [0.15, 0.2) is 0 Å². The Kier molecular flexibility index (Phi) is 4.82. The number of rotatable bonds is 6. The van der Waals surface area contributed by atoms with E-state index in [1.807, 2.05) is 6.20 Å². The molecule has 0 atom stereocenters. The van der Waals surface area contributed by atoms with Crippen LogP contribution in [-0.2, 0) is 17.8 Å². The number of nitrogens with one attached hydrogen (secondary N) is 1. The average Bonchev–Trinajstić information content (AvgIpc) is 3.07. The number of carbonyl (C=O) groups excluding carboxylic acids is 1. The van der Waals surface area contributed by atoms with Gasteiger partial charge in [-0.05, 0) is 32.3 Å². The van der Waals surface area contributed by atoms with Crippen LogP contribution in [0.3, 0.4) is 0 Å². The maximum atomic E-state index is 12.0. The lowest BCUT2D eigenvalue weighted by atomic mass is 10.2. The lowest BCUT2D eigenvalue weighted by Gasteiger charge is -2.08. The van der Waals surface area contributed by atoms with Crippen LogP contribution >= 0.6 is 0 Å². The number of nitrogens with zero attached hydrogens (tertiary/aromatic N) is 6. The van der Waals surface area contributed by atoms with Crippen LogP contribution in [0.5, 0.6) is 0 Å². The summed E-state index contributed by atoms with van der Waals surface area (Å²) in [6, 6.07) is 0. The zero-order valence-electron chi connectivity index (χ0n) is 14.1. The van der Waals surface area contributed by atoms with E-state index in [-0.39, 0.29) is 18.0 Å². The van der Waals surface area contributed by atoms with Crippen molar-refractivity contribution in [1.82, 2.24) is 34.4 Å². The van der Waals surface area contributed by atoms with E-state index in [4.69, 9.17) is 0 Å². The minimum atomic E-state index is -0.211. The van der Waals surface area contributed by atoms with E-state index in [9.17, 15) is 9.59 Å². The smallest absolute Gasteiger partial charge is 0.256 e. The molecule has 9 nitrogen and oxygen atoms in total. The SMILES string of the molecule is Cc1ncn(CC(=O)NCCCc2cnc3ncnn3c2)c(=O)c1C. The molecule has 1 amide bonds. The molecule has 0 aliphatic heterocycles. The standard InChI is InChI=1S/C16H19N7O2/c1-11-12(2)20-10-22(15(11)25)8-14(24)17-5-3-4-13-6-18-16-19-9-21-23(16)7-13/h6-7,9-10H,3-5,8H2,1-2H3,(H,17,24). The molecule has 130 valence electrons. The number of aryl methyl sites for hydroxylation is 2. The van der Waals surface area contributed by atoms with Crippen LogP contribution in [0, 0.1) is 13.8 Å². The fourth-order valence-corrected chi connectivity index (χ4v) is 2.41. The predicted molar refractivity (Wildman–Crippen MR) is 90.1 cm³/mol. The van der Waals surface area contributed by atoms with Gasteiger partial charge in [-0.25, -0.2) is 14.5 Å². The number of fused-ring (bicyclic) bond motifs is 1. The first-order chi connectivity index (χ1) is 12.0. The van der Waals surface area contributed by atoms with Crippen molar-refractivity contribution in [2.75, 3.05) is 6.54 Å². The first-order valence-electron chi connectivity index (χ1n) is 7.98. The molecule has 0 aromatic carbocycles. The predicted octanol–water partition coefficient (Wildman–Crippen LogP) is 0.0468. The second-order valence-corrected chi connectivity index (χ2v) is 5.81. The van der Waals surface area contributed by atoms with E-state index in [1.54, 1.807) is 24.6 Å². The van der Waals surface area contributed by atoms with Crippen molar-refractivity contribution < 1.29 is 4.79 Å². The molecule has 25 heavy (non-hydrogen) atoms. The first kappa shape index (κ1) is 16.7. The van der Waals surface area contributed by atoms with Crippen LogP contribution in [0.4, 0.5) is 0 Å². The van der Waals surface area contributed by atoms with Crippen LogP contribution in [0.1, 0.15) is 23.2 Å². The Labute approximate surface area is 143 Å². The summed E-state index contributed by atoms with van der Waals surface area (Å²) in [7, 11) is 0. The molecule has 3 rings (SSSR count). The van der Waals surface area contributed by atoms with Crippen LogP contribution in [0.15, 0.2) is 29.8 Å². The summed E-state index contributed by atoms with van der Waals surface area (Å²) in [6.45, 7) is 3.96. The quantitative estimate of drug-likeness (QED) is 0.635. The van der Waals surface area contributed by atoms with Crippen molar-refractivity contribution in [3.8, 4) is 0 Å². The van der Waals surface area contributed by atoms with Crippen molar-refractivity contribution >= 4 is 11.7 Å². The minimum absolute atomic E-state index is 0.0283. The average molecular weight is 341 g/mol. The Morgan fingerprint density at radius 2 is 2.08 bits per heavy atom. The molecule has 0 bridgehead atoms. The third-order valence-corrected chi connectivity index (χ3v) is 3.98. The van der Waals surface area contributed by atoms with E-state index in [0.29, 0.717) is 23.6 Å². The molecule has 3 heterocycles. The number of hydrogen-bond donors (Lipinski definition) is 1. The largest absolute Gasteiger partial charge is 0.355 e. The fourth-order valence-electron chi connectivity index (χ4n) is 2.41. The van der Waals surface area contributed by atoms with Crippen LogP contribution in [0.25, 0.3) is 5.78 Å². The van der Waals surface area contributed by atoms with Gasteiger partial charge in [-0.3, -0.25) is 14.2 Å². The zero-order chi connectivity index (χ0) is 17.8. The summed E-state index contributed by atoms with van der Waals surface area (Å²) in [5, 5.41) is 6.85. The summed E-state index contributed by atoms with van der Waals surface area (Å²) in [6.07, 6.45) is 8.00. The van der Waals surface area contributed by atoms with Crippen molar-refractivity contribution in [2.24, 2.45) is 0 Å². The van der Waals surface area contributed by atoms with Gasteiger partial charge in [0, 0.05) is 30.2 Å². The molecule has 0 fully saturated rings. The molecule has 3 aromatic rings. The summed E-state index contributed by atoms with van der Waals surface area (Å²) < 4.78 is 2.94. The lowest BCUT2D eigenvalue weighted by molar-refractivity contribution is -0.121. The molecule has 0 saturated carbocycles. The van der Waals surface area contributed by atoms with E-state index < -0.39 is 0 Å². The maximum absolute atomic E-state index is 12.0. The topological polar surface area (TPSA) is 107 Å². The van der Waals surface area contributed by atoms with Gasteiger partial charge in [0.1, 0.15) is 12.9 Å². The van der Waals surface area contributed by atoms with E-state index >= 15 is 0 Å². The Bertz CT molecular complexity index is 961. The molecule has 0 saturated heterocycles. The number of hydrogen-bond acceptors (Lipinski definition) is 6. The summed E-state index contributed by atoms with van der Waals surface area (Å²) in [5.74, 6) is 0.349. The van der Waals surface area contributed by atoms with Gasteiger partial charge >= 0.3 is 0 Å². The molecule has 0 spiro atoms. The van der Waals surface area contributed by atoms with Gasteiger partial charge in [-0.1, -0.05) is 0 Å². The van der Waals surface area contributed by atoms with Crippen molar-refractivity contribution in [3.63, 3.8) is 0 Å². The highest BCUT2D eigenvalue weighted by Crippen LogP contribution is 2.02. The Morgan fingerprint density at radius 1 is 1.24 bits per heavy atom. The lowest BCUT2D eigenvalue weighted by Crippen LogP contribution is -2.34. The second kappa shape index (κ2) is 7.20. The summed E-state index contributed by atoms with van der Waals surface area (Å²) in [5.41, 5.74) is 2.07. The highest BCUT2D eigenvalue weighted by atomic mass is 16.2. The summed E-state index contributed by atoms with van der Waals surface area (Å²) in [4.78, 5) is 36.3. The molecule has 0 aliphatic rings. The number of carbonyl (C=O) groups is 1. The second-order valence-electron chi connectivity index (χ2n) is 5.81. The molecule has 0 unspecified atom stereocenters. The highest BCUT2D eigenvalue weighted by Gasteiger charge is 2.08. The molecule has 1 N–H and O–H groups in total. The molecule has 0 aliphatic carbocycles. The monoisotopic (exact) mass is 341 g/mol. The molecule has 3 aromatic heterocycles. The van der Waals surface area contributed by atoms with Crippen molar-refractivity contribution in [1.29, 1.82) is 0 Å². The maximum Gasteiger partial charge on any atom is 0.256 e. The van der Waals surface area contributed by atoms with Gasteiger partial charge in [-0.15, -0.1) is 0 Å². The van der Waals surface area contributed by atoms with Gasteiger partial charge in [-0.2, -0.15) is 10.1 Å². The third-order valence-electron chi connectivity index (χ3n) is 3.98. The normalized spacial score (nSPS) is 11.0. The summed E-state index contributed by atoms with van der Waals surface area (Å²) >= 11 is 0. The first-order valence-corrected chi connectivity index (χ1v) is 7.98.